The Bertz CT molecular complexity index is 836. The number of hydrogen-bond acceptors (Lipinski definition) is 5. The van der Waals surface area contributed by atoms with Crippen molar-refractivity contribution in [2.24, 2.45) is 5.92 Å². The van der Waals surface area contributed by atoms with Crippen LogP contribution in [-0.2, 0) is 25.7 Å². The fourth-order valence-electron chi connectivity index (χ4n) is 2.52. The van der Waals surface area contributed by atoms with E-state index in [2.05, 4.69) is 10.6 Å². The van der Waals surface area contributed by atoms with Gasteiger partial charge in [-0.2, -0.15) is 0 Å². The number of amides is 2. The lowest BCUT2D eigenvalue weighted by Gasteiger charge is -2.20. The van der Waals surface area contributed by atoms with Gasteiger partial charge >= 0.3 is 12.1 Å². The Labute approximate surface area is 170 Å². The number of carbonyl (C=O) groups is 3. The summed E-state index contributed by atoms with van der Waals surface area (Å²) in [4.78, 5) is 36.4. The molecule has 7 nitrogen and oxygen atoms in total. The van der Waals surface area contributed by atoms with Gasteiger partial charge in [0.25, 0.3) is 5.91 Å². The van der Waals surface area contributed by atoms with Crippen LogP contribution >= 0.6 is 0 Å². The highest BCUT2D eigenvalue weighted by Gasteiger charge is 2.27. The van der Waals surface area contributed by atoms with E-state index in [0.29, 0.717) is 5.69 Å². The maximum Gasteiger partial charge on any atom is 0.408 e. The average Bonchev–Trinajstić information content (AvgIpc) is 2.71. The first-order chi connectivity index (χ1) is 13.9. The summed E-state index contributed by atoms with van der Waals surface area (Å²) in [5, 5.41) is 5.19. The number of hydrogen-bond donors (Lipinski definition) is 2. The Hall–Kier alpha value is -3.35. The first kappa shape index (κ1) is 21.9. The number of para-hydroxylation sites is 1. The van der Waals surface area contributed by atoms with Crippen molar-refractivity contribution in [2.75, 3.05) is 11.9 Å². The summed E-state index contributed by atoms with van der Waals surface area (Å²) in [6.07, 6.45) is -0.728. The summed E-state index contributed by atoms with van der Waals surface area (Å²) in [6.45, 7) is 5.03. The molecule has 1 atom stereocenters. The summed E-state index contributed by atoms with van der Waals surface area (Å²) in [5.41, 5.74) is 2.38. The molecule has 0 spiro atoms. The topological polar surface area (TPSA) is 93.7 Å². The first-order valence-electron chi connectivity index (χ1n) is 9.36. The van der Waals surface area contributed by atoms with E-state index in [-0.39, 0.29) is 12.5 Å². The number of benzene rings is 2. The molecule has 0 aliphatic heterocycles. The second-order valence-electron chi connectivity index (χ2n) is 6.90. The van der Waals surface area contributed by atoms with Gasteiger partial charge in [-0.1, -0.05) is 62.4 Å². The lowest BCUT2D eigenvalue weighted by Crippen LogP contribution is -2.46. The van der Waals surface area contributed by atoms with E-state index in [1.807, 2.05) is 49.4 Å². The van der Waals surface area contributed by atoms with Crippen LogP contribution in [0.1, 0.15) is 25.0 Å². The molecule has 0 aliphatic carbocycles. The fourth-order valence-corrected chi connectivity index (χ4v) is 2.52. The zero-order valence-corrected chi connectivity index (χ0v) is 16.8. The quantitative estimate of drug-likeness (QED) is 0.665. The molecule has 2 aromatic rings. The van der Waals surface area contributed by atoms with Crippen molar-refractivity contribution in [3.63, 3.8) is 0 Å². The van der Waals surface area contributed by atoms with Gasteiger partial charge in [0.05, 0.1) is 0 Å². The molecule has 0 fully saturated rings. The molecule has 0 radical (unpaired) electrons. The van der Waals surface area contributed by atoms with Crippen molar-refractivity contribution < 1.29 is 23.9 Å². The molecule has 0 saturated heterocycles. The molecule has 0 saturated carbocycles. The lowest BCUT2D eigenvalue weighted by atomic mass is 10.1. The molecule has 7 heteroatoms. The summed E-state index contributed by atoms with van der Waals surface area (Å²) < 4.78 is 10.2. The second kappa shape index (κ2) is 10.8. The molecular weight excluding hydrogens is 372 g/mol. The van der Waals surface area contributed by atoms with Gasteiger partial charge in [-0.3, -0.25) is 4.79 Å². The summed E-state index contributed by atoms with van der Waals surface area (Å²) in [7, 11) is 0. The lowest BCUT2D eigenvalue weighted by molar-refractivity contribution is -0.150. The van der Waals surface area contributed by atoms with Crippen molar-refractivity contribution in [3.05, 3.63) is 65.7 Å². The van der Waals surface area contributed by atoms with Crippen LogP contribution < -0.4 is 10.6 Å². The predicted octanol–water partition coefficient (Wildman–Crippen LogP) is 3.43. The number of alkyl carbamates (subject to hydrolysis) is 1. The van der Waals surface area contributed by atoms with Crippen molar-refractivity contribution in [1.82, 2.24) is 5.32 Å². The van der Waals surface area contributed by atoms with E-state index in [4.69, 9.17) is 9.47 Å². The highest BCUT2D eigenvalue weighted by Crippen LogP contribution is 2.13. The molecule has 0 aromatic heterocycles. The summed E-state index contributed by atoms with van der Waals surface area (Å²) in [5.74, 6) is -1.40. The van der Waals surface area contributed by atoms with Crippen LogP contribution in [0.25, 0.3) is 0 Å². The highest BCUT2D eigenvalue weighted by atomic mass is 16.6. The van der Waals surface area contributed by atoms with Gasteiger partial charge in [-0.25, -0.2) is 9.59 Å². The Kier molecular flexibility index (Phi) is 8.21. The third kappa shape index (κ3) is 7.29. The molecule has 154 valence electrons. The average molecular weight is 398 g/mol. The van der Waals surface area contributed by atoms with E-state index in [1.54, 1.807) is 26.0 Å². The number of rotatable bonds is 8. The van der Waals surface area contributed by atoms with E-state index in [9.17, 15) is 14.4 Å². The number of ether oxygens (including phenoxy) is 2. The van der Waals surface area contributed by atoms with Gasteiger partial charge < -0.3 is 20.1 Å². The minimum atomic E-state index is -0.926. The molecule has 0 bridgehead atoms. The van der Waals surface area contributed by atoms with Gasteiger partial charge in [0.2, 0.25) is 0 Å². The van der Waals surface area contributed by atoms with Gasteiger partial charge in [0.1, 0.15) is 12.6 Å². The second-order valence-corrected chi connectivity index (χ2v) is 6.90. The van der Waals surface area contributed by atoms with E-state index >= 15 is 0 Å². The van der Waals surface area contributed by atoms with Crippen LogP contribution in [0.3, 0.4) is 0 Å². The zero-order valence-electron chi connectivity index (χ0n) is 16.8. The molecule has 2 aromatic carbocycles. The van der Waals surface area contributed by atoms with Crippen LogP contribution in [-0.4, -0.2) is 30.6 Å². The van der Waals surface area contributed by atoms with Crippen molar-refractivity contribution >= 4 is 23.7 Å². The first-order valence-corrected chi connectivity index (χ1v) is 9.36. The normalized spacial score (nSPS) is 11.4. The zero-order chi connectivity index (χ0) is 21.2. The molecule has 2 amide bonds. The van der Waals surface area contributed by atoms with E-state index in [0.717, 1.165) is 11.1 Å². The fraction of sp³-hybridized carbons (Fsp3) is 0.318. The summed E-state index contributed by atoms with van der Waals surface area (Å²) in [6, 6.07) is 15.6. The highest BCUT2D eigenvalue weighted by molar-refractivity contribution is 5.94. The van der Waals surface area contributed by atoms with Crippen LogP contribution in [0, 0.1) is 12.8 Å². The van der Waals surface area contributed by atoms with Gasteiger partial charge in [-0.05, 0) is 30.0 Å². The number of anilines is 1. The minimum Gasteiger partial charge on any atom is -0.454 e. The minimum absolute atomic E-state index is 0.0887. The SMILES string of the molecule is Cc1ccccc1NC(=O)COC(=O)[C@@H](NC(=O)OCc1ccccc1)C(C)C. The number of nitrogens with one attached hydrogen (secondary N) is 2. The standard InChI is InChI=1S/C22H26N2O5/c1-15(2)20(24-22(27)29-13-17-10-5-4-6-11-17)21(26)28-14-19(25)23-18-12-8-7-9-16(18)3/h4-12,15,20H,13-14H2,1-3H3,(H,23,25)(H,24,27)/t20-/m0/s1. The molecular formula is C22H26N2O5. The largest absolute Gasteiger partial charge is 0.454 e. The predicted molar refractivity (Wildman–Crippen MR) is 109 cm³/mol. The molecule has 0 aliphatic rings. The Morgan fingerprint density at radius 1 is 0.931 bits per heavy atom. The van der Waals surface area contributed by atoms with Crippen molar-refractivity contribution in [3.8, 4) is 0 Å². The number of aryl methyl sites for hydroxylation is 1. The van der Waals surface area contributed by atoms with Crippen LogP contribution in [0.5, 0.6) is 0 Å². The maximum absolute atomic E-state index is 12.3. The van der Waals surface area contributed by atoms with Crippen molar-refractivity contribution in [1.29, 1.82) is 0 Å². The van der Waals surface area contributed by atoms with Crippen LogP contribution in [0.2, 0.25) is 0 Å². The maximum atomic E-state index is 12.3. The van der Waals surface area contributed by atoms with Gasteiger partial charge in [0.15, 0.2) is 6.61 Å². The molecule has 0 unspecified atom stereocenters. The monoisotopic (exact) mass is 398 g/mol. The molecule has 2 rings (SSSR count). The Morgan fingerprint density at radius 2 is 1.59 bits per heavy atom. The molecule has 0 heterocycles. The molecule has 29 heavy (non-hydrogen) atoms. The molecule has 2 N–H and O–H groups in total. The van der Waals surface area contributed by atoms with E-state index < -0.39 is 30.6 Å². The van der Waals surface area contributed by atoms with Crippen LogP contribution in [0.4, 0.5) is 10.5 Å². The van der Waals surface area contributed by atoms with Gasteiger partial charge in [-0.15, -0.1) is 0 Å². The Balaban J connectivity index is 1.82. The summed E-state index contributed by atoms with van der Waals surface area (Å²) >= 11 is 0. The Morgan fingerprint density at radius 3 is 2.24 bits per heavy atom. The number of esters is 1. The van der Waals surface area contributed by atoms with Gasteiger partial charge in [0, 0.05) is 5.69 Å². The smallest absolute Gasteiger partial charge is 0.408 e. The third-order valence-electron chi connectivity index (χ3n) is 4.17. The third-order valence-corrected chi connectivity index (χ3v) is 4.17. The number of carbonyl (C=O) groups excluding carboxylic acids is 3. The van der Waals surface area contributed by atoms with E-state index in [1.165, 1.54) is 0 Å². The van der Waals surface area contributed by atoms with Crippen LogP contribution in [0.15, 0.2) is 54.6 Å². The van der Waals surface area contributed by atoms with Crippen molar-refractivity contribution in [2.45, 2.75) is 33.4 Å².